The fourth-order valence-electron chi connectivity index (χ4n) is 3.42. The minimum atomic E-state index is -0.840. The number of carbonyl (C=O) groups is 1. The molecule has 8 heteroatoms. The number of rotatable bonds is 2. The van der Waals surface area contributed by atoms with E-state index in [1.165, 1.54) is 23.0 Å². The van der Waals surface area contributed by atoms with E-state index in [0.29, 0.717) is 23.9 Å². The molecule has 0 spiro atoms. The first-order chi connectivity index (χ1) is 12.5. The molecule has 0 saturated carbocycles. The van der Waals surface area contributed by atoms with Crippen molar-refractivity contribution in [2.45, 2.75) is 25.8 Å². The third-order valence-electron chi connectivity index (χ3n) is 4.61. The van der Waals surface area contributed by atoms with E-state index in [4.69, 9.17) is 0 Å². The molecule has 26 heavy (non-hydrogen) atoms. The molecule has 0 unspecified atom stereocenters. The Hall–Kier alpha value is -3.29. The predicted octanol–water partition coefficient (Wildman–Crippen LogP) is 2.40. The summed E-state index contributed by atoms with van der Waals surface area (Å²) in [5.74, 6) is -1.90. The summed E-state index contributed by atoms with van der Waals surface area (Å²) in [6.45, 7) is 1.85. The summed E-state index contributed by atoms with van der Waals surface area (Å²) in [4.78, 5) is 33.3. The van der Waals surface area contributed by atoms with Gasteiger partial charge in [-0.3, -0.25) is 14.9 Å². The molecule has 2 N–H and O–H groups in total. The zero-order valence-electron chi connectivity index (χ0n) is 13.9. The number of amides is 1. The third kappa shape index (κ3) is 2.42. The van der Waals surface area contributed by atoms with Crippen molar-refractivity contribution in [2.24, 2.45) is 0 Å². The SMILES string of the molecule is C[C@H]1CCc2cc(F)cc3c(O)c(C(=O)Nc4ncccn4)c(=O)n1c23. The molecule has 3 aromatic rings. The number of nitrogens with one attached hydrogen (secondary N) is 1. The monoisotopic (exact) mass is 354 g/mol. The zero-order valence-corrected chi connectivity index (χ0v) is 13.9. The molecule has 1 aliphatic heterocycles. The minimum Gasteiger partial charge on any atom is -0.506 e. The van der Waals surface area contributed by atoms with Crippen molar-refractivity contribution >= 4 is 22.8 Å². The topological polar surface area (TPSA) is 97.1 Å². The van der Waals surface area contributed by atoms with Gasteiger partial charge in [0.15, 0.2) is 0 Å². The van der Waals surface area contributed by atoms with Gasteiger partial charge >= 0.3 is 0 Å². The lowest BCUT2D eigenvalue weighted by atomic mass is 9.95. The van der Waals surface area contributed by atoms with Gasteiger partial charge in [-0.1, -0.05) is 0 Å². The van der Waals surface area contributed by atoms with Crippen LogP contribution in [0.1, 0.15) is 35.3 Å². The number of aromatic nitrogens is 3. The van der Waals surface area contributed by atoms with Crippen molar-refractivity contribution in [1.82, 2.24) is 14.5 Å². The van der Waals surface area contributed by atoms with E-state index in [1.54, 1.807) is 6.07 Å². The molecule has 2 aromatic heterocycles. The quantitative estimate of drug-likeness (QED) is 0.736. The number of nitrogens with zero attached hydrogens (tertiary/aromatic N) is 3. The number of benzene rings is 1. The van der Waals surface area contributed by atoms with E-state index in [2.05, 4.69) is 15.3 Å². The summed E-state index contributed by atoms with van der Waals surface area (Å²) in [5.41, 5.74) is 0.0442. The molecule has 1 aromatic carbocycles. The second-order valence-corrected chi connectivity index (χ2v) is 6.27. The van der Waals surface area contributed by atoms with Gasteiger partial charge in [0.05, 0.1) is 5.52 Å². The highest BCUT2D eigenvalue weighted by Crippen LogP contribution is 2.35. The highest BCUT2D eigenvalue weighted by atomic mass is 19.1. The van der Waals surface area contributed by atoms with Crippen LogP contribution in [0.5, 0.6) is 5.75 Å². The maximum Gasteiger partial charge on any atom is 0.267 e. The van der Waals surface area contributed by atoms with Gasteiger partial charge in [0.2, 0.25) is 5.95 Å². The van der Waals surface area contributed by atoms with Crippen LogP contribution in [-0.2, 0) is 6.42 Å². The van der Waals surface area contributed by atoms with Crippen LogP contribution in [0.15, 0.2) is 35.4 Å². The summed E-state index contributed by atoms with van der Waals surface area (Å²) in [7, 11) is 0. The van der Waals surface area contributed by atoms with Crippen LogP contribution in [0.4, 0.5) is 10.3 Å². The fraction of sp³-hybridized carbons (Fsp3) is 0.222. The van der Waals surface area contributed by atoms with Gasteiger partial charge < -0.3 is 9.67 Å². The Labute approximate surface area is 147 Å². The van der Waals surface area contributed by atoms with E-state index in [0.717, 1.165) is 6.07 Å². The number of anilines is 1. The van der Waals surface area contributed by atoms with Gasteiger partial charge in [0.1, 0.15) is 17.1 Å². The second kappa shape index (κ2) is 5.91. The summed E-state index contributed by atoms with van der Waals surface area (Å²) >= 11 is 0. The molecule has 1 amide bonds. The van der Waals surface area contributed by atoms with Crippen molar-refractivity contribution in [3.8, 4) is 5.75 Å². The highest BCUT2D eigenvalue weighted by Gasteiger charge is 2.28. The summed E-state index contributed by atoms with van der Waals surface area (Å²) < 4.78 is 15.4. The van der Waals surface area contributed by atoms with Crippen molar-refractivity contribution in [2.75, 3.05) is 5.32 Å². The number of aromatic hydroxyl groups is 1. The maximum absolute atomic E-state index is 14.0. The average Bonchev–Trinajstić information content (AvgIpc) is 2.61. The maximum atomic E-state index is 14.0. The number of halogens is 1. The van der Waals surface area contributed by atoms with E-state index < -0.39 is 28.6 Å². The molecular weight excluding hydrogens is 339 g/mol. The normalized spacial score (nSPS) is 15.8. The first kappa shape index (κ1) is 16.2. The van der Waals surface area contributed by atoms with Crippen LogP contribution in [-0.4, -0.2) is 25.5 Å². The molecule has 0 aliphatic carbocycles. The molecule has 0 radical (unpaired) electrons. The van der Waals surface area contributed by atoms with Crippen LogP contribution >= 0.6 is 0 Å². The van der Waals surface area contributed by atoms with Crippen LogP contribution in [0.3, 0.4) is 0 Å². The Bertz CT molecular complexity index is 1100. The van der Waals surface area contributed by atoms with Crippen molar-refractivity contribution in [3.05, 3.63) is 57.9 Å². The zero-order chi connectivity index (χ0) is 18.4. The molecular formula is C18H15FN4O3. The van der Waals surface area contributed by atoms with E-state index in [9.17, 15) is 19.1 Å². The first-order valence-corrected chi connectivity index (χ1v) is 8.15. The summed E-state index contributed by atoms with van der Waals surface area (Å²) in [6.07, 6.45) is 4.10. The lowest BCUT2D eigenvalue weighted by molar-refractivity contribution is 0.102. The van der Waals surface area contributed by atoms with Crippen LogP contribution in [0, 0.1) is 5.82 Å². The second-order valence-electron chi connectivity index (χ2n) is 6.27. The standard InChI is InChI=1S/C18H15FN4O3/c1-9-3-4-10-7-11(19)8-12-14(10)23(9)17(26)13(15(12)24)16(25)22-18-20-5-2-6-21-18/h2,5-9,24H,3-4H2,1H3,(H,20,21,22,25)/t9-/m0/s1. The molecule has 7 nitrogen and oxygen atoms in total. The van der Waals surface area contributed by atoms with Gasteiger partial charge in [0, 0.05) is 23.8 Å². The average molecular weight is 354 g/mol. The molecule has 1 aliphatic rings. The Balaban J connectivity index is 1.96. The van der Waals surface area contributed by atoms with Crippen LogP contribution in [0.2, 0.25) is 0 Å². The van der Waals surface area contributed by atoms with E-state index >= 15 is 0 Å². The Morgan fingerprint density at radius 1 is 1.35 bits per heavy atom. The molecule has 0 saturated heterocycles. The molecule has 1 atom stereocenters. The molecule has 0 fully saturated rings. The number of aryl methyl sites for hydroxylation is 1. The van der Waals surface area contributed by atoms with Crippen molar-refractivity contribution in [1.29, 1.82) is 0 Å². The number of carbonyl (C=O) groups excluding carboxylic acids is 1. The Morgan fingerprint density at radius 3 is 2.81 bits per heavy atom. The number of hydrogen-bond acceptors (Lipinski definition) is 5. The van der Waals surface area contributed by atoms with Gasteiger partial charge in [0.25, 0.3) is 11.5 Å². The van der Waals surface area contributed by atoms with Gasteiger partial charge in [-0.05, 0) is 43.5 Å². The number of hydrogen-bond donors (Lipinski definition) is 2. The lowest BCUT2D eigenvalue weighted by Gasteiger charge is -2.26. The smallest absolute Gasteiger partial charge is 0.267 e. The van der Waals surface area contributed by atoms with Crippen LogP contribution in [0.25, 0.3) is 10.9 Å². The van der Waals surface area contributed by atoms with E-state index in [1.807, 2.05) is 6.92 Å². The predicted molar refractivity (Wildman–Crippen MR) is 92.8 cm³/mol. The Morgan fingerprint density at radius 2 is 2.08 bits per heavy atom. The summed E-state index contributed by atoms with van der Waals surface area (Å²) in [5, 5.41) is 13.1. The van der Waals surface area contributed by atoms with Gasteiger partial charge in [-0.25, -0.2) is 14.4 Å². The molecule has 132 valence electrons. The van der Waals surface area contributed by atoms with Crippen LogP contribution < -0.4 is 10.9 Å². The fourth-order valence-corrected chi connectivity index (χ4v) is 3.42. The molecule has 4 rings (SSSR count). The van der Waals surface area contributed by atoms with E-state index in [-0.39, 0.29) is 17.4 Å². The lowest BCUT2D eigenvalue weighted by Crippen LogP contribution is -2.33. The Kier molecular flexibility index (Phi) is 3.68. The molecule has 0 bridgehead atoms. The third-order valence-corrected chi connectivity index (χ3v) is 4.61. The highest BCUT2D eigenvalue weighted by molar-refractivity contribution is 6.08. The van der Waals surface area contributed by atoms with Crippen molar-refractivity contribution < 1.29 is 14.3 Å². The largest absolute Gasteiger partial charge is 0.506 e. The van der Waals surface area contributed by atoms with Gasteiger partial charge in [-0.2, -0.15) is 0 Å². The number of pyridine rings is 1. The first-order valence-electron chi connectivity index (χ1n) is 8.15. The summed E-state index contributed by atoms with van der Waals surface area (Å²) in [6, 6.07) is 3.90. The van der Waals surface area contributed by atoms with Gasteiger partial charge in [-0.15, -0.1) is 0 Å². The van der Waals surface area contributed by atoms with Crippen molar-refractivity contribution in [3.63, 3.8) is 0 Å². The minimum absolute atomic E-state index is 0.00280. The molecule has 3 heterocycles.